The number of anilines is 1. The Morgan fingerprint density at radius 2 is 1.61 bits per heavy atom. The van der Waals surface area contributed by atoms with Crippen LogP contribution in [0.5, 0.6) is 0 Å². The molecular formula is C26H26N2O3. The zero-order chi connectivity index (χ0) is 21.9. The Bertz CT molecular complexity index is 1110. The van der Waals surface area contributed by atoms with Gasteiger partial charge in [-0.05, 0) is 31.9 Å². The van der Waals surface area contributed by atoms with E-state index in [1.54, 1.807) is 12.1 Å². The van der Waals surface area contributed by atoms with Crippen LogP contribution in [0.15, 0.2) is 60.7 Å². The first-order valence-electron chi connectivity index (χ1n) is 11.0. The summed E-state index contributed by atoms with van der Waals surface area (Å²) < 4.78 is 0. The third kappa shape index (κ3) is 2.72. The normalized spacial score (nSPS) is 27.5. The fourth-order valence-electron chi connectivity index (χ4n) is 5.51. The third-order valence-corrected chi connectivity index (χ3v) is 7.15. The first-order chi connectivity index (χ1) is 15.0. The first-order valence-corrected chi connectivity index (χ1v) is 11.0. The number of likely N-dealkylation sites (tertiary alicyclic amines) is 1. The zero-order valence-electron chi connectivity index (χ0n) is 18.0. The van der Waals surface area contributed by atoms with E-state index >= 15 is 0 Å². The van der Waals surface area contributed by atoms with Gasteiger partial charge in [-0.3, -0.25) is 19.3 Å². The summed E-state index contributed by atoms with van der Waals surface area (Å²) in [5.74, 6) is -1.67. The van der Waals surface area contributed by atoms with Crippen molar-refractivity contribution in [2.45, 2.75) is 45.3 Å². The summed E-state index contributed by atoms with van der Waals surface area (Å²) >= 11 is 0. The van der Waals surface area contributed by atoms with Gasteiger partial charge in [0.25, 0.3) is 0 Å². The van der Waals surface area contributed by atoms with E-state index in [0.29, 0.717) is 12.0 Å². The first kappa shape index (κ1) is 19.7. The minimum atomic E-state index is -0.701. The third-order valence-electron chi connectivity index (χ3n) is 7.15. The molecule has 5 nitrogen and oxygen atoms in total. The van der Waals surface area contributed by atoms with E-state index in [2.05, 4.69) is 6.08 Å². The second-order valence-electron chi connectivity index (χ2n) is 8.80. The molecule has 0 N–H and O–H groups in total. The van der Waals surface area contributed by atoms with Gasteiger partial charge in [-0.15, -0.1) is 0 Å². The van der Waals surface area contributed by atoms with E-state index in [0.717, 1.165) is 16.8 Å². The maximum atomic E-state index is 13.8. The molecule has 31 heavy (non-hydrogen) atoms. The highest BCUT2D eigenvalue weighted by molar-refractivity contribution is 6.14. The molecule has 5 rings (SSSR count). The number of para-hydroxylation sites is 1. The van der Waals surface area contributed by atoms with Crippen molar-refractivity contribution >= 4 is 28.9 Å². The lowest BCUT2D eigenvalue weighted by Crippen LogP contribution is -2.50. The van der Waals surface area contributed by atoms with Gasteiger partial charge in [0, 0.05) is 22.9 Å². The lowest BCUT2D eigenvalue weighted by molar-refractivity contribution is -0.142. The minimum Gasteiger partial charge on any atom is -0.352 e. The maximum absolute atomic E-state index is 13.8. The summed E-state index contributed by atoms with van der Waals surface area (Å²) in [6, 6.07) is 15.9. The molecule has 2 aromatic rings. The zero-order valence-corrected chi connectivity index (χ0v) is 18.0. The molecule has 2 saturated heterocycles. The number of hydrogen-bond donors (Lipinski definition) is 0. The van der Waals surface area contributed by atoms with Gasteiger partial charge in [0.05, 0.1) is 17.9 Å². The van der Waals surface area contributed by atoms with Gasteiger partial charge in [-0.25, -0.2) is 0 Å². The van der Waals surface area contributed by atoms with E-state index in [-0.39, 0.29) is 29.7 Å². The summed E-state index contributed by atoms with van der Waals surface area (Å²) in [5.41, 5.74) is 3.61. The van der Waals surface area contributed by atoms with E-state index in [1.165, 1.54) is 4.90 Å². The molecule has 0 unspecified atom stereocenters. The van der Waals surface area contributed by atoms with Crippen LogP contribution in [-0.2, 0) is 9.59 Å². The van der Waals surface area contributed by atoms with E-state index in [1.807, 2.05) is 68.1 Å². The predicted octanol–water partition coefficient (Wildman–Crippen LogP) is 3.94. The Morgan fingerprint density at radius 3 is 2.32 bits per heavy atom. The molecule has 2 aromatic carbocycles. The lowest BCUT2D eigenvalue weighted by atomic mass is 9.85. The van der Waals surface area contributed by atoms with Gasteiger partial charge in [0.15, 0.2) is 5.78 Å². The van der Waals surface area contributed by atoms with E-state index in [4.69, 9.17) is 0 Å². The van der Waals surface area contributed by atoms with Crippen molar-refractivity contribution in [3.8, 4) is 0 Å². The SMILES string of the molecule is CC[C@H](C)N1C(=O)[C@@H]2[C@H](C1=O)[C@H](C(=O)c1ccccc1)N1c3ccccc3C(C)=C[C@H]21. The van der Waals surface area contributed by atoms with Crippen LogP contribution in [0.2, 0.25) is 0 Å². The van der Waals surface area contributed by atoms with Gasteiger partial charge < -0.3 is 4.90 Å². The van der Waals surface area contributed by atoms with Crippen molar-refractivity contribution in [2.24, 2.45) is 11.8 Å². The van der Waals surface area contributed by atoms with Crippen LogP contribution in [0, 0.1) is 11.8 Å². The fraction of sp³-hybridized carbons (Fsp3) is 0.346. The second kappa shape index (κ2) is 7.19. The van der Waals surface area contributed by atoms with Gasteiger partial charge in [0.1, 0.15) is 6.04 Å². The average Bonchev–Trinajstić information content (AvgIpc) is 3.26. The molecule has 0 saturated carbocycles. The number of rotatable bonds is 4. The Labute approximate surface area is 182 Å². The Balaban J connectivity index is 1.69. The van der Waals surface area contributed by atoms with Crippen molar-refractivity contribution in [1.29, 1.82) is 0 Å². The Morgan fingerprint density at radius 1 is 0.968 bits per heavy atom. The van der Waals surface area contributed by atoms with Crippen molar-refractivity contribution in [3.05, 3.63) is 71.8 Å². The number of carbonyl (C=O) groups excluding carboxylic acids is 3. The summed E-state index contributed by atoms with van der Waals surface area (Å²) in [6.45, 7) is 5.91. The second-order valence-corrected chi connectivity index (χ2v) is 8.80. The topological polar surface area (TPSA) is 57.7 Å². The average molecular weight is 415 g/mol. The lowest BCUT2D eigenvalue weighted by Gasteiger charge is -2.38. The number of amides is 2. The maximum Gasteiger partial charge on any atom is 0.236 e. The molecule has 158 valence electrons. The molecule has 0 aliphatic carbocycles. The van der Waals surface area contributed by atoms with Crippen molar-refractivity contribution in [3.63, 3.8) is 0 Å². The monoisotopic (exact) mass is 414 g/mol. The number of benzene rings is 2. The van der Waals surface area contributed by atoms with E-state index in [9.17, 15) is 14.4 Å². The Hall–Kier alpha value is -3.21. The number of carbonyl (C=O) groups is 3. The number of fused-ring (bicyclic) bond motifs is 5. The van der Waals surface area contributed by atoms with Crippen LogP contribution in [-0.4, -0.2) is 40.6 Å². The molecule has 0 radical (unpaired) electrons. The minimum absolute atomic E-state index is 0.104. The standard InChI is InChI=1S/C26H26N2O3/c1-4-16(3)27-25(30)21-20-14-15(2)18-12-8-9-13-19(18)28(20)23(22(21)26(27)31)24(29)17-10-6-5-7-11-17/h5-14,16,20-23H,4H2,1-3H3/t16-,20+,21-,22-,23+/m0/s1. The van der Waals surface area contributed by atoms with Gasteiger partial charge in [-0.2, -0.15) is 0 Å². The molecule has 5 heteroatoms. The molecule has 0 bridgehead atoms. The molecule has 0 aromatic heterocycles. The summed E-state index contributed by atoms with van der Waals surface area (Å²) in [4.78, 5) is 44.3. The van der Waals surface area contributed by atoms with Gasteiger partial charge >= 0.3 is 0 Å². The number of allylic oxidation sites excluding steroid dienone is 1. The highest BCUT2D eigenvalue weighted by atomic mass is 16.2. The van der Waals surface area contributed by atoms with Crippen molar-refractivity contribution < 1.29 is 14.4 Å². The van der Waals surface area contributed by atoms with Crippen LogP contribution in [0.25, 0.3) is 5.57 Å². The highest BCUT2D eigenvalue weighted by Gasteiger charge is 2.64. The molecule has 3 aliphatic heterocycles. The summed E-state index contributed by atoms with van der Waals surface area (Å²) in [7, 11) is 0. The predicted molar refractivity (Wildman–Crippen MR) is 120 cm³/mol. The van der Waals surface area contributed by atoms with Crippen molar-refractivity contribution in [1.82, 2.24) is 4.90 Å². The van der Waals surface area contributed by atoms with Crippen LogP contribution in [0.4, 0.5) is 5.69 Å². The summed E-state index contributed by atoms with van der Waals surface area (Å²) in [6.07, 6.45) is 2.77. The highest BCUT2D eigenvalue weighted by Crippen LogP contribution is 2.50. The quantitative estimate of drug-likeness (QED) is 0.562. The van der Waals surface area contributed by atoms with Crippen LogP contribution >= 0.6 is 0 Å². The fourth-order valence-corrected chi connectivity index (χ4v) is 5.51. The molecule has 2 fully saturated rings. The largest absolute Gasteiger partial charge is 0.352 e. The molecular weight excluding hydrogens is 388 g/mol. The van der Waals surface area contributed by atoms with Crippen molar-refractivity contribution in [2.75, 3.05) is 4.90 Å². The molecule has 0 spiro atoms. The number of Topliss-reactive ketones (excluding diaryl/α,β-unsaturated/α-hetero) is 1. The van der Waals surface area contributed by atoms with Gasteiger partial charge in [0.2, 0.25) is 11.8 Å². The van der Waals surface area contributed by atoms with Gasteiger partial charge in [-0.1, -0.05) is 61.5 Å². The molecule has 2 amide bonds. The number of ketones is 1. The molecule has 5 atom stereocenters. The summed E-state index contributed by atoms with van der Waals surface area (Å²) in [5, 5.41) is 0. The van der Waals surface area contributed by atoms with E-state index < -0.39 is 17.9 Å². The molecule has 3 aliphatic rings. The smallest absolute Gasteiger partial charge is 0.236 e. The number of imide groups is 1. The number of hydrogen-bond acceptors (Lipinski definition) is 4. The number of nitrogens with zero attached hydrogens (tertiary/aromatic N) is 2. The van der Waals surface area contributed by atoms with Crippen LogP contribution < -0.4 is 4.90 Å². The van der Waals surface area contributed by atoms with Crippen LogP contribution in [0.1, 0.15) is 43.1 Å². The Kier molecular flexibility index (Phi) is 4.58. The van der Waals surface area contributed by atoms with Crippen LogP contribution in [0.3, 0.4) is 0 Å². The molecule has 3 heterocycles.